The summed E-state index contributed by atoms with van der Waals surface area (Å²) in [6, 6.07) is 5.52. The third-order valence-electron chi connectivity index (χ3n) is 4.47. The first-order valence-electron chi connectivity index (χ1n) is 7.62. The Labute approximate surface area is 153 Å². The van der Waals surface area contributed by atoms with E-state index in [0.29, 0.717) is 16.6 Å². The molecule has 122 valence electrons. The highest BCUT2D eigenvalue weighted by molar-refractivity contribution is 7.18. The lowest BCUT2D eigenvalue weighted by Crippen LogP contribution is -2.20. The fraction of sp³-hybridized carbons (Fsp3) is 0.222. The van der Waals surface area contributed by atoms with Crippen molar-refractivity contribution in [2.75, 3.05) is 0 Å². The molecular weight excluding hydrogens is 363 g/mol. The molecule has 24 heavy (non-hydrogen) atoms. The predicted molar refractivity (Wildman–Crippen MR) is 102 cm³/mol. The van der Waals surface area contributed by atoms with Gasteiger partial charge in [0.1, 0.15) is 10.7 Å². The smallest absolute Gasteiger partial charge is 0.262 e. The van der Waals surface area contributed by atoms with E-state index in [-0.39, 0.29) is 5.56 Å². The van der Waals surface area contributed by atoms with Gasteiger partial charge in [0.05, 0.1) is 15.4 Å². The molecule has 0 aliphatic carbocycles. The van der Waals surface area contributed by atoms with Crippen LogP contribution in [0.4, 0.5) is 0 Å². The van der Waals surface area contributed by atoms with Gasteiger partial charge in [-0.05, 0) is 55.2 Å². The largest absolute Gasteiger partial charge is 0.292 e. The van der Waals surface area contributed by atoms with Crippen molar-refractivity contribution < 1.29 is 0 Å². The zero-order valence-electron chi connectivity index (χ0n) is 13.2. The topological polar surface area (TPSA) is 34.9 Å². The number of nitrogens with zero attached hydrogens (tertiary/aromatic N) is 2. The second-order valence-electron chi connectivity index (χ2n) is 5.95. The number of allylic oxidation sites excluding steroid dienone is 1. The summed E-state index contributed by atoms with van der Waals surface area (Å²) in [4.78, 5) is 19.6. The van der Waals surface area contributed by atoms with Gasteiger partial charge in [-0.15, -0.1) is 11.3 Å². The summed E-state index contributed by atoms with van der Waals surface area (Å²) in [7, 11) is 0. The van der Waals surface area contributed by atoms with Crippen LogP contribution in [0.25, 0.3) is 21.9 Å². The summed E-state index contributed by atoms with van der Waals surface area (Å²) in [5.74, 6) is 0.764. The van der Waals surface area contributed by atoms with Crippen LogP contribution in [0.2, 0.25) is 10.0 Å². The van der Waals surface area contributed by atoms with E-state index >= 15 is 0 Å². The van der Waals surface area contributed by atoms with Crippen LogP contribution in [0.1, 0.15) is 28.2 Å². The van der Waals surface area contributed by atoms with Crippen molar-refractivity contribution in [3.05, 3.63) is 60.4 Å². The summed E-state index contributed by atoms with van der Waals surface area (Å²) < 4.78 is 1.78. The van der Waals surface area contributed by atoms with Crippen molar-refractivity contribution >= 4 is 56.4 Å². The predicted octanol–water partition coefficient (Wildman–Crippen LogP) is 5.33. The minimum Gasteiger partial charge on any atom is -0.292 e. The van der Waals surface area contributed by atoms with Crippen LogP contribution in [0.3, 0.4) is 0 Å². The van der Waals surface area contributed by atoms with Gasteiger partial charge in [-0.2, -0.15) is 0 Å². The van der Waals surface area contributed by atoms with Crippen LogP contribution in [0, 0.1) is 13.8 Å². The molecule has 0 saturated heterocycles. The molecule has 0 amide bonds. The van der Waals surface area contributed by atoms with Crippen LogP contribution in [0.5, 0.6) is 0 Å². The number of aromatic nitrogens is 2. The van der Waals surface area contributed by atoms with Gasteiger partial charge < -0.3 is 0 Å². The second-order valence-corrected chi connectivity index (χ2v) is 7.97. The third-order valence-corrected chi connectivity index (χ3v) is 6.31. The van der Waals surface area contributed by atoms with Crippen LogP contribution in [-0.4, -0.2) is 9.55 Å². The summed E-state index contributed by atoms with van der Waals surface area (Å²) >= 11 is 13.6. The first-order valence-corrected chi connectivity index (χ1v) is 9.19. The Morgan fingerprint density at radius 1 is 1.25 bits per heavy atom. The van der Waals surface area contributed by atoms with Gasteiger partial charge in [-0.1, -0.05) is 29.3 Å². The van der Waals surface area contributed by atoms with Gasteiger partial charge in [-0.25, -0.2) is 4.98 Å². The molecular formula is C18H14Cl2N2OS. The lowest BCUT2D eigenvalue weighted by atomic mass is 10.1. The molecule has 1 aliphatic rings. The zero-order chi connectivity index (χ0) is 17.0. The van der Waals surface area contributed by atoms with Crippen molar-refractivity contribution in [1.82, 2.24) is 9.55 Å². The lowest BCUT2D eigenvalue weighted by molar-refractivity contribution is 0.726. The number of fused-ring (bicyclic) bond motifs is 2. The Morgan fingerprint density at radius 3 is 2.79 bits per heavy atom. The van der Waals surface area contributed by atoms with E-state index in [4.69, 9.17) is 28.2 Å². The summed E-state index contributed by atoms with van der Waals surface area (Å²) in [6.45, 7) is 4.69. The second kappa shape index (κ2) is 5.73. The maximum atomic E-state index is 12.8. The number of aryl methyl sites for hydroxylation is 2. The molecule has 2 aromatic heterocycles. The fourth-order valence-electron chi connectivity index (χ4n) is 3.06. The van der Waals surface area contributed by atoms with Crippen molar-refractivity contribution in [2.24, 2.45) is 0 Å². The molecule has 0 atom stereocenters. The average molecular weight is 377 g/mol. The van der Waals surface area contributed by atoms with E-state index in [1.807, 2.05) is 32.1 Å². The molecule has 0 unspecified atom stereocenters. The van der Waals surface area contributed by atoms with E-state index in [9.17, 15) is 4.79 Å². The van der Waals surface area contributed by atoms with Crippen LogP contribution in [-0.2, 0) is 6.54 Å². The highest BCUT2D eigenvalue weighted by atomic mass is 35.5. The van der Waals surface area contributed by atoms with E-state index in [2.05, 4.69) is 0 Å². The van der Waals surface area contributed by atoms with Crippen molar-refractivity contribution in [1.29, 1.82) is 0 Å². The summed E-state index contributed by atoms with van der Waals surface area (Å²) in [5.41, 5.74) is 3.12. The van der Waals surface area contributed by atoms with Gasteiger partial charge in [0.2, 0.25) is 0 Å². The summed E-state index contributed by atoms with van der Waals surface area (Å²) in [6.07, 6.45) is 2.82. The third kappa shape index (κ3) is 2.41. The molecule has 6 heteroatoms. The molecule has 4 rings (SSSR count). The SMILES string of the molecule is Cc1sc2nc3n(c(=O)c2c1C)CC/C3=C/c1ccc(Cl)c(Cl)c1. The van der Waals surface area contributed by atoms with E-state index in [1.54, 1.807) is 22.0 Å². The molecule has 0 saturated carbocycles. The Bertz CT molecular complexity index is 1080. The minimum absolute atomic E-state index is 0.0642. The van der Waals surface area contributed by atoms with Crippen LogP contribution in [0.15, 0.2) is 23.0 Å². The van der Waals surface area contributed by atoms with Crippen molar-refractivity contribution in [2.45, 2.75) is 26.8 Å². The van der Waals surface area contributed by atoms with Crippen LogP contribution < -0.4 is 5.56 Å². The maximum absolute atomic E-state index is 12.8. The zero-order valence-corrected chi connectivity index (χ0v) is 15.5. The van der Waals surface area contributed by atoms with Crippen LogP contribution >= 0.6 is 34.5 Å². The normalized spacial score (nSPS) is 15.4. The molecule has 0 N–H and O–H groups in total. The Balaban J connectivity index is 1.90. The lowest BCUT2D eigenvalue weighted by Gasteiger charge is -2.04. The quantitative estimate of drug-likeness (QED) is 0.575. The van der Waals surface area contributed by atoms with Gasteiger partial charge in [0, 0.05) is 11.4 Å². The standard InChI is InChI=1S/C18H14Cl2N2OS/c1-9-10(2)24-17-15(9)18(23)22-6-5-12(16(22)21-17)7-11-3-4-13(19)14(20)8-11/h3-4,7-8H,5-6H2,1-2H3/b12-7-. The Kier molecular flexibility index (Phi) is 3.79. The van der Waals surface area contributed by atoms with E-state index < -0.39 is 0 Å². The molecule has 1 aliphatic heterocycles. The van der Waals surface area contributed by atoms with E-state index in [0.717, 1.165) is 44.0 Å². The molecule has 0 bridgehead atoms. The van der Waals surface area contributed by atoms with Gasteiger partial charge in [-0.3, -0.25) is 9.36 Å². The number of rotatable bonds is 1. The molecule has 0 radical (unpaired) electrons. The van der Waals surface area contributed by atoms with Gasteiger partial charge in [0.15, 0.2) is 0 Å². The number of benzene rings is 1. The first-order chi connectivity index (χ1) is 11.5. The highest BCUT2D eigenvalue weighted by Crippen LogP contribution is 2.32. The molecule has 1 aromatic carbocycles. The molecule has 0 spiro atoms. The fourth-order valence-corrected chi connectivity index (χ4v) is 4.39. The first kappa shape index (κ1) is 15.9. The number of hydrogen-bond acceptors (Lipinski definition) is 3. The average Bonchev–Trinajstić information content (AvgIpc) is 3.06. The van der Waals surface area contributed by atoms with E-state index in [1.165, 1.54) is 0 Å². The molecule has 3 nitrogen and oxygen atoms in total. The molecule has 3 aromatic rings. The van der Waals surface area contributed by atoms with Gasteiger partial charge >= 0.3 is 0 Å². The molecule has 3 heterocycles. The minimum atomic E-state index is 0.0642. The maximum Gasteiger partial charge on any atom is 0.262 e. The van der Waals surface area contributed by atoms with Gasteiger partial charge in [0.25, 0.3) is 5.56 Å². The Morgan fingerprint density at radius 2 is 2.04 bits per heavy atom. The number of hydrogen-bond donors (Lipinski definition) is 0. The molecule has 0 fully saturated rings. The summed E-state index contributed by atoms with van der Waals surface area (Å²) in [5, 5.41) is 1.82. The number of halogens is 2. The van der Waals surface area contributed by atoms with Crippen molar-refractivity contribution in [3.63, 3.8) is 0 Å². The number of thiophene rings is 1. The highest BCUT2D eigenvalue weighted by Gasteiger charge is 2.23. The van der Waals surface area contributed by atoms with Crippen molar-refractivity contribution in [3.8, 4) is 0 Å². The Hall–Kier alpha value is -1.62. The monoisotopic (exact) mass is 376 g/mol.